The van der Waals surface area contributed by atoms with Crippen LogP contribution in [0.2, 0.25) is 0 Å². The molecule has 6 nitrogen and oxygen atoms in total. The summed E-state index contributed by atoms with van der Waals surface area (Å²) in [6, 6.07) is 19.6. The van der Waals surface area contributed by atoms with E-state index in [1.54, 1.807) is 0 Å². The van der Waals surface area contributed by atoms with Crippen LogP contribution in [0.5, 0.6) is 0 Å². The van der Waals surface area contributed by atoms with Crippen LogP contribution in [0, 0.1) is 0 Å². The van der Waals surface area contributed by atoms with Gasteiger partial charge in [0.05, 0.1) is 12.6 Å². The van der Waals surface area contributed by atoms with Crippen LogP contribution in [-0.4, -0.2) is 35.6 Å². The fourth-order valence-corrected chi connectivity index (χ4v) is 4.22. The van der Waals surface area contributed by atoms with Crippen LogP contribution in [0.15, 0.2) is 72.0 Å². The maximum Gasteiger partial charge on any atom is 0.191 e. The molecular formula is C26H34N6. The Morgan fingerprint density at radius 3 is 2.69 bits per heavy atom. The Morgan fingerprint density at radius 2 is 1.91 bits per heavy atom. The second-order valence-corrected chi connectivity index (χ2v) is 8.35. The number of anilines is 1. The van der Waals surface area contributed by atoms with E-state index in [0.717, 1.165) is 37.8 Å². The first-order valence-electron chi connectivity index (χ1n) is 11.6. The Labute approximate surface area is 191 Å². The zero-order valence-corrected chi connectivity index (χ0v) is 19.2. The van der Waals surface area contributed by atoms with Crippen molar-refractivity contribution in [1.82, 2.24) is 20.2 Å². The Balaban J connectivity index is 1.32. The van der Waals surface area contributed by atoms with E-state index in [4.69, 9.17) is 0 Å². The van der Waals surface area contributed by atoms with Gasteiger partial charge in [0.25, 0.3) is 0 Å². The summed E-state index contributed by atoms with van der Waals surface area (Å²) in [5, 5.41) is 6.95. The number of aliphatic imine (C=N–C) groups is 1. The Kier molecular flexibility index (Phi) is 7.43. The molecule has 0 radical (unpaired) electrons. The van der Waals surface area contributed by atoms with E-state index in [0.29, 0.717) is 6.54 Å². The van der Waals surface area contributed by atoms with E-state index < -0.39 is 0 Å². The van der Waals surface area contributed by atoms with Crippen molar-refractivity contribution in [2.24, 2.45) is 4.99 Å². The highest BCUT2D eigenvalue weighted by atomic mass is 15.2. The number of hydrogen-bond donors (Lipinski definition) is 2. The van der Waals surface area contributed by atoms with E-state index in [9.17, 15) is 0 Å². The lowest BCUT2D eigenvalue weighted by atomic mass is 10.1. The van der Waals surface area contributed by atoms with Gasteiger partial charge in [-0.3, -0.25) is 4.99 Å². The summed E-state index contributed by atoms with van der Waals surface area (Å²) in [5.41, 5.74) is 3.92. The number of hydrogen-bond acceptors (Lipinski definition) is 3. The zero-order valence-electron chi connectivity index (χ0n) is 19.2. The molecule has 2 N–H and O–H groups in total. The molecule has 1 saturated heterocycles. The van der Waals surface area contributed by atoms with Crippen molar-refractivity contribution in [2.75, 3.05) is 25.0 Å². The first-order chi connectivity index (χ1) is 15.7. The maximum atomic E-state index is 4.54. The van der Waals surface area contributed by atoms with Gasteiger partial charge in [-0.2, -0.15) is 0 Å². The predicted molar refractivity (Wildman–Crippen MR) is 132 cm³/mol. The van der Waals surface area contributed by atoms with Crippen molar-refractivity contribution in [3.63, 3.8) is 0 Å². The van der Waals surface area contributed by atoms with Gasteiger partial charge in [0, 0.05) is 44.8 Å². The normalized spacial score (nSPS) is 15.1. The van der Waals surface area contributed by atoms with Crippen LogP contribution >= 0.6 is 0 Å². The highest BCUT2D eigenvalue weighted by Crippen LogP contribution is 2.23. The number of nitrogens with one attached hydrogen (secondary N) is 2. The smallest absolute Gasteiger partial charge is 0.191 e. The SMILES string of the molecule is CN=C(NCc1nccn1CCc1ccccc1)NC(C)c1cccc(N2CCCC2)c1. The third-order valence-electron chi connectivity index (χ3n) is 6.12. The molecule has 1 unspecified atom stereocenters. The standard InChI is InChI=1S/C26H34N6/c1-21(23-11-8-12-24(19-23)31-15-6-7-16-31)30-26(27-2)29-20-25-28-14-18-32(25)17-13-22-9-4-3-5-10-22/h3-5,8-12,14,18-19,21H,6-7,13,15-17,20H2,1-2H3,(H2,27,29,30). The molecule has 3 aromatic rings. The fourth-order valence-electron chi connectivity index (χ4n) is 4.22. The van der Waals surface area contributed by atoms with Crippen molar-refractivity contribution in [1.29, 1.82) is 0 Å². The second-order valence-electron chi connectivity index (χ2n) is 8.35. The lowest BCUT2D eigenvalue weighted by Crippen LogP contribution is -2.38. The first-order valence-corrected chi connectivity index (χ1v) is 11.6. The van der Waals surface area contributed by atoms with Crippen molar-refractivity contribution < 1.29 is 0 Å². The minimum atomic E-state index is 0.154. The maximum absolute atomic E-state index is 4.54. The fraction of sp³-hybridized carbons (Fsp3) is 0.385. The molecule has 0 amide bonds. The number of benzene rings is 2. The van der Waals surface area contributed by atoms with Crippen molar-refractivity contribution in [3.05, 3.63) is 83.9 Å². The zero-order chi connectivity index (χ0) is 22.2. The summed E-state index contributed by atoms with van der Waals surface area (Å²) in [6.07, 6.45) is 7.47. The van der Waals surface area contributed by atoms with Gasteiger partial charge in [-0.05, 0) is 49.4 Å². The van der Waals surface area contributed by atoms with Crippen molar-refractivity contribution >= 4 is 11.6 Å². The molecule has 2 aromatic carbocycles. The summed E-state index contributed by atoms with van der Waals surface area (Å²) in [5.74, 6) is 1.79. The van der Waals surface area contributed by atoms with Crippen LogP contribution in [0.4, 0.5) is 5.69 Å². The summed E-state index contributed by atoms with van der Waals surface area (Å²) < 4.78 is 2.20. The summed E-state index contributed by atoms with van der Waals surface area (Å²) in [6.45, 7) is 6.03. The number of imidazole rings is 1. The average Bonchev–Trinajstić information content (AvgIpc) is 3.53. The van der Waals surface area contributed by atoms with E-state index in [-0.39, 0.29) is 6.04 Å². The summed E-state index contributed by atoms with van der Waals surface area (Å²) in [4.78, 5) is 11.4. The Hall–Kier alpha value is -3.28. The van der Waals surface area contributed by atoms with Gasteiger partial charge in [0.1, 0.15) is 5.82 Å². The predicted octanol–water partition coefficient (Wildman–Crippen LogP) is 4.15. The Bertz CT molecular complexity index is 1000. The van der Waals surface area contributed by atoms with Gasteiger partial charge in [-0.15, -0.1) is 0 Å². The van der Waals surface area contributed by atoms with Crippen LogP contribution in [0.1, 0.15) is 42.8 Å². The molecule has 2 heterocycles. The number of nitrogens with zero attached hydrogens (tertiary/aromatic N) is 4. The summed E-state index contributed by atoms with van der Waals surface area (Å²) in [7, 11) is 1.81. The third-order valence-corrected chi connectivity index (χ3v) is 6.12. The first kappa shape index (κ1) is 21.9. The van der Waals surface area contributed by atoms with Crippen LogP contribution in [0.3, 0.4) is 0 Å². The van der Waals surface area contributed by atoms with Crippen molar-refractivity contribution in [2.45, 2.75) is 45.3 Å². The van der Waals surface area contributed by atoms with Gasteiger partial charge in [0.2, 0.25) is 0 Å². The molecule has 6 heteroatoms. The van der Waals surface area contributed by atoms with Crippen LogP contribution in [-0.2, 0) is 19.5 Å². The number of rotatable bonds is 8. The number of aromatic nitrogens is 2. The largest absolute Gasteiger partial charge is 0.372 e. The molecule has 32 heavy (non-hydrogen) atoms. The highest BCUT2D eigenvalue weighted by molar-refractivity contribution is 5.80. The van der Waals surface area contributed by atoms with E-state index in [2.05, 4.69) is 91.6 Å². The Morgan fingerprint density at radius 1 is 1.09 bits per heavy atom. The molecule has 1 aliphatic rings. The minimum absolute atomic E-state index is 0.154. The van der Waals surface area contributed by atoms with E-state index in [1.807, 2.05) is 19.4 Å². The van der Waals surface area contributed by atoms with Crippen LogP contribution < -0.4 is 15.5 Å². The lowest BCUT2D eigenvalue weighted by Gasteiger charge is -2.22. The molecule has 0 saturated carbocycles. The topological polar surface area (TPSA) is 57.5 Å². The van der Waals surface area contributed by atoms with Gasteiger partial charge in [0.15, 0.2) is 5.96 Å². The minimum Gasteiger partial charge on any atom is -0.372 e. The highest BCUT2D eigenvalue weighted by Gasteiger charge is 2.15. The van der Waals surface area contributed by atoms with Gasteiger partial charge in [-0.25, -0.2) is 4.98 Å². The van der Waals surface area contributed by atoms with Crippen LogP contribution in [0.25, 0.3) is 0 Å². The quantitative estimate of drug-likeness (QED) is 0.416. The lowest BCUT2D eigenvalue weighted by molar-refractivity contribution is 0.626. The number of guanidine groups is 1. The van der Waals surface area contributed by atoms with Gasteiger partial charge in [-0.1, -0.05) is 42.5 Å². The third kappa shape index (κ3) is 5.69. The van der Waals surface area contributed by atoms with Crippen molar-refractivity contribution in [3.8, 4) is 0 Å². The average molecular weight is 431 g/mol. The second kappa shape index (κ2) is 10.8. The van der Waals surface area contributed by atoms with E-state index in [1.165, 1.54) is 29.7 Å². The molecule has 0 aliphatic carbocycles. The van der Waals surface area contributed by atoms with Gasteiger partial charge >= 0.3 is 0 Å². The van der Waals surface area contributed by atoms with E-state index >= 15 is 0 Å². The molecule has 0 bridgehead atoms. The molecule has 4 rings (SSSR count). The van der Waals surface area contributed by atoms with Gasteiger partial charge < -0.3 is 20.1 Å². The monoisotopic (exact) mass is 430 g/mol. The molecule has 1 aromatic heterocycles. The summed E-state index contributed by atoms with van der Waals surface area (Å²) >= 11 is 0. The molecule has 0 spiro atoms. The molecule has 168 valence electrons. The molecule has 1 aliphatic heterocycles. The molecule has 1 atom stereocenters. The molecule has 1 fully saturated rings. The number of aryl methyl sites for hydroxylation is 2. The molecular weight excluding hydrogens is 396 g/mol.